The van der Waals surface area contributed by atoms with Crippen LogP contribution in [0.5, 0.6) is 0 Å². The Bertz CT molecular complexity index is 754. The highest BCUT2D eigenvalue weighted by Gasteiger charge is 2.20. The van der Waals surface area contributed by atoms with Gasteiger partial charge in [-0.1, -0.05) is 25.4 Å². The molecule has 0 saturated heterocycles. The van der Waals surface area contributed by atoms with Crippen LogP contribution in [0.4, 0.5) is 0 Å². The highest BCUT2D eigenvalue weighted by Crippen LogP contribution is 2.24. The lowest BCUT2D eigenvalue weighted by Gasteiger charge is -2.12. The molecular formula is C15H17N5O. The first-order valence-corrected chi connectivity index (χ1v) is 6.99. The summed E-state index contributed by atoms with van der Waals surface area (Å²) in [5.41, 5.74) is 8.59. The van der Waals surface area contributed by atoms with Gasteiger partial charge in [-0.05, 0) is 24.1 Å². The van der Waals surface area contributed by atoms with Crippen molar-refractivity contribution >= 4 is 11.0 Å². The molecule has 21 heavy (non-hydrogen) atoms. The van der Waals surface area contributed by atoms with Crippen molar-refractivity contribution in [3.8, 4) is 11.4 Å². The van der Waals surface area contributed by atoms with Crippen molar-refractivity contribution in [1.82, 2.24) is 20.1 Å². The standard InChI is InChI=1S/C15H17N5O/c1-3-9(2)13(16)15-19-14(20-21-15)10-4-5-11-12(8-10)18-7-6-17-11/h4-9,13H,3,16H2,1-2H3. The fraction of sp³-hybridized carbons (Fsp3) is 0.333. The molecule has 2 aromatic heterocycles. The van der Waals surface area contributed by atoms with Gasteiger partial charge in [0.15, 0.2) is 0 Å². The lowest BCUT2D eigenvalue weighted by atomic mass is 10.0. The van der Waals surface area contributed by atoms with Crippen molar-refractivity contribution in [2.24, 2.45) is 11.7 Å². The Balaban J connectivity index is 1.94. The quantitative estimate of drug-likeness (QED) is 0.791. The highest BCUT2D eigenvalue weighted by molar-refractivity contribution is 5.79. The van der Waals surface area contributed by atoms with E-state index in [1.54, 1.807) is 12.4 Å². The van der Waals surface area contributed by atoms with Gasteiger partial charge in [0.25, 0.3) is 0 Å². The van der Waals surface area contributed by atoms with E-state index in [0.717, 1.165) is 23.0 Å². The number of hydrogen-bond donors (Lipinski definition) is 1. The van der Waals surface area contributed by atoms with Crippen LogP contribution >= 0.6 is 0 Å². The van der Waals surface area contributed by atoms with Crippen molar-refractivity contribution in [3.05, 3.63) is 36.5 Å². The Morgan fingerprint density at radius 2 is 1.95 bits per heavy atom. The van der Waals surface area contributed by atoms with E-state index < -0.39 is 0 Å². The maximum Gasteiger partial charge on any atom is 0.244 e. The van der Waals surface area contributed by atoms with Crippen LogP contribution < -0.4 is 5.73 Å². The third-order valence-electron chi connectivity index (χ3n) is 3.71. The summed E-state index contributed by atoms with van der Waals surface area (Å²) in [5.74, 6) is 1.29. The molecule has 2 atom stereocenters. The van der Waals surface area contributed by atoms with Crippen molar-refractivity contribution in [2.75, 3.05) is 0 Å². The maximum atomic E-state index is 6.11. The van der Waals surface area contributed by atoms with Gasteiger partial charge >= 0.3 is 0 Å². The predicted molar refractivity (Wildman–Crippen MR) is 79.2 cm³/mol. The zero-order chi connectivity index (χ0) is 14.8. The number of fused-ring (bicyclic) bond motifs is 1. The first-order valence-electron chi connectivity index (χ1n) is 6.99. The van der Waals surface area contributed by atoms with Gasteiger partial charge in [0.2, 0.25) is 11.7 Å². The topological polar surface area (TPSA) is 90.7 Å². The molecule has 2 unspecified atom stereocenters. The average Bonchev–Trinajstić information content (AvgIpc) is 3.02. The Morgan fingerprint density at radius 1 is 1.19 bits per heavy atom. The number of nitrogens with zero attached hydrogens (tertiary/aromatic N) is 4. The SMILES string of the molecule is CCC(C)C(N)c1nc(-c2ccc3nccnc3c2)no1. The Labute approximate surface area is 122 Å². The zero-order valence-electron chi connectivity index (χ0n) is 12.0. The van der Waals surface area contributed by atoms with E-state index in [0.29, 0.717) is 17.6 Å². The van der Waals surface area contributed by atoms with Crippen LogP contribution in [0.15, 0.2) is 35.1 Å². The second kappa shape index (κ2) is 5.57. The summed E-state index contributed by atoms with van der Waals surface area (Å²) in [5, 5.41) is 4.02. The van der Waals surface area contributed by atoms with E-state index >= 15 is 0 Å². The van der Waals surface area contributed by atoms with Crippen molar-refractivity contribution in [1.29, 1.82) is 0 Å². The molecule has 2 heterocycles. The molecule has 108 valence electrons. The smallest absolute Gasteiger partial charge is 0.244 e. The molecule has 3 aromatic rings. The highest BCUT2D eigenvalue weighted by atomic mass is 16.5. The molecule has 6 nitrogen and oxygen atoms in total. The monoisotopic (exact) mass is 283 g/mol. The maximum absolute atomic E-state index is 6.11. The molecule has 3 rings (SSSR count). The van der Waals surface area contributed by atoms with Gasteiger partial charge in [0, 0.05) is 18.0 Å². The van der Waals surface area contributed by atoms with Gasteiger partial charge in [0.05, 0.1) is 17.1 Å². The number of benzene rings is 1. The molecule has 6 heteroatoms. The minimum Gasteiger partial charge on any atom is -0.337 e. The van der Waals surface area contributed by atoms with E-state index in [1.165, 1.54) is 0 Å². The Kier molecular flexibility index (Phi) is 3.62. The molecule has 0 fully saturated rings. The van der Waals surface area contributed by atoms with Gasteiger partial charge in [-0.15, -0.1) is 0 Å². The molecule has 0 amide bonds. The van der Waals surface area contributed by atoms with E-state index in [1.807, 2.05) is 18.2 Å². The van der Waals surface area contributed by atoms with Gasteiger partial charge in [-0.3, -0.25) is 9.97 Å². The average molecular weight is 283 g/mol. The minimum atomic E-state index is -0.239. The molecule has 0 bridgehead atoms. The van der Waals surface area contributed by atoms with Gasteiger partial charge in [0.1, 0.15) is 0 Å². The summed E-state index contributed by atoms with van der Waals surface area (Å²) < 4.78 is 5.29. The molecule has 0 radical (unpaired) electrons. The normalized spacial score (nSPS) is 14.2. The van der Waals surface area contributed by atoms with Crippen LogP contribution in [0.25, 0.3) is 22.4 Å². The second-order valence-corrected chi connectivity index (χ2v) is 5.13. The van der Waals surface area contributed by atoms with Crippen molar-refractivity contribution in [2.45, 2.75) is 26.3 Å². The predicted octanol–water partition coefficient (Wildman–Crippen LogP) is 2.73. The van der Waals surface area contributed by atoms with Crippen LogP contribution in [-0.2, 0) is 0 Å². The Hall–Kier alpha value is -2.34. The first kappa shape index (κ1) is 13.6. The number of rotatable bonds is 4. The summed E-state index contributed by atoms with van der Waals surface area (Å²) in [6.45, 7) is 4.16. The van der Waals surface area contributed by atoms with Crippen LogP contribution in [-0.4, -0.2) is 20.1 Å². The lowest BCUT2D eigenvalue weighted by molar-refractivity contribution is 0.312. The van der Waals surface area contributed by atoms with Crippen LogP contribution in [0.1, 0.15) is 32.2 Å². The number of nitrogens with two attached hydrogens (primary N) is 1. The van der Waals surface area contributed by atoms with E-state index in [4.69, 9.17) is 10.3 Å². The Morgan fingerprint density at radius 3 is 2.71 bits per heavy atom. The molecule has 0 aliphatic heterocycles. The third-order valence-corrected chi connectivity index (χ3v) is 3.71. The van der Waals surface area contributed by atoms with Crippen molar-refractivity contribution < 1.29 is 4.52 Å². The zero-order valence-corrected chi connectivity index (χ0v) is 12.0. The molecule has 0 aliphatic rings. The first-order chi connectivity index (χ1) is 10.2. The van der Waals surface area contributed by atoms with Crippen molar-refractivity contribution in [3.63, 3.8) is 0 Å². The number of hydrogen-bond acceptors (Lipinski definition) is 6. The minimum absolute atomic E-state index is 0.239. The van der Waals surface area contributed by atoms with E-state index in [2.05, 4.69) is 34.0 Å². The molecule has 2 N–H and O–H groups in total. The van der Waals surface area contributed by atoms with E-state index in [-0.39, 0.29) is 6.04 Å². The van der Waals surface area contributed by atoms with Gasteiger partial charge in [-0.25, -0.2) is 0 Å². The summed E-state index contributed by atoms with van der Waals surface area (Å²) in [4.78, 5) is 12.9. The fourth-order valence-electron chi connectivity index (χ4n) is 2.09. The summed E-state index contributed by atoms with van der Waals surface area (Å²) in [7, 11) is 0. The largest absolute Gasteiger partial charge is 0.337 e. The van der Waals surface area contributed by atoms with Crippen LogP contribution in [0.2, 0.25) is 0 Å². The molecule has 0 saturated carbocycles. The summed E-state index contributed by atoms with van der Waals surface area (Å²) >= 11 is 0. The third kappa shape index (κ3) is 2.62. The summed E-state index contributed by atoms with van der Waals surface area (Å²) in [6, 6.07) is 5.45. The molecule has 1 aromatic carbocycles. The number of aromatic nitrogens is 4. The second-order valence-electron chi connectivity index (χ2n) is 5.13. The molecular weight excluding hydrogens is 266 g/mol. The molecule has 0 aliphatic carbocycles. The van der Waals surface area contributed by atoms with Crippen LogP contribution in [0, 0.1) is 5.92 Å². The fourth-order valence-corrected chi connectivity index (χ4v) is 2.09. The van der Waals surface area contributed by atoms with Gasteiger partial charge in [-0.2, -0.15) is 4.98 Å². The van der Waals surface area contributed by atoms with Crippen LogP contribution in [0.3, 0.4) is 0 Å². The van der Waals surface area contributed by atoms with E-state index in [9.17, 15) is 0 Å². The lowest BCUT2D eigenvalue weighted by Crippen LogP contribution is -2.18. The van der Waals surface area contributed by atoms with Gasteiger partial charge < -0.3 is 10.3 Å². The summed E-state index contributed by atoms with van der Waals surface area (Å²) in [6.07, 6.45) is 4.29. The molecule has 0 spiro atoms.